The summed E-state index contributed by atoms with van der Waals surface area (Å²) in [5, 5.41) is 8.05. The number of nitrogens with one attached hydrogen (secondary N) is 2. The van der Waals surface area contributed by atoms with E-state index in [1.807, 2.05) is 81.8 Å². The number of nitrogens with zero attached hydrogens (tertiary/aromatic N) is 6. The highest BCUT2D eigenvalue weighted by Gasteiger charge is 2.26. The number of primary amides is 1. The summed E-state index contributed by atoms with van der Waals surface area (Å²) in [6.07, 6.45) is 5.01. The quantitative estimate of drug-likeness (QED) is 0.0872. The SMILES string of the molecule is CC.CC.Cc1c(-c2ccc(N3CCc4cccc(C(=O)Nc5nc6cccnc6s5)c4C3)nc2C(=O)NSCCCC(N)=O)cnn1CC(C)C. The average molecular weight is 744 g/mol. The van der Waals surface area contributed by atoms with Crippen LogP contribution in [0.5, 0.6) is 0 Å². The van der Waals surface area contributed by atoms with E-state index in [2.05, 4.69) is 43.9 Å². The van der Waals surface area contributed by atoms with Gasteiger partial charge in [0.1, 0.15) is 21.9 Å². The molecule has 4 N–H and O–H groups in total. The predicted octanol–water partition coefficient (Wildman–Crippen LogP) is 7.43. The Morgan fingerprint density at radius 2 is 1.79 bits per heavy atom. The molecule has 0 bridgehead atoms. The van der Waals surface area contributed by atoms with Crippen molar-refractivity contribution in [1.29, 1.82) is 0 Å². The van der Waals surface area contributed by atoms with E-state index in [1.54, 1.807) is 12.4 Å². The van der Waals surface area contributed by atoms with Crippen LogP contribution in [-0.4, -0.2) is 54.8 Å². The Morgan fingerprint density at radius 3 is 2.52 bits per heavy atom. The van der Waals surface area contributed by atoms with E-state index in [4.69, 9.17) is 10.7 Å². The Kier molecular flexibility index (Phi) is 14.7. The van der Waals surface area contributed by atoms with Gasteiger partial charge in [-0.05, 0) is 67.1 Å². The first-order chi connectivity index (χ1) is 25.2. The summed E-state index contributed by atoms with van der Waals surface area (Å²) < 4.78 is 4.85. The third kappa shape index (κ3) is 9.73. The van der Waals surface area contributed by atoms with E-state index in [1.165, 1.54) is 23.3 Å². The number of carbonyl (C=O) groups excluding carboxylic acids is 3. The van der Waals surface area contributed by atoms with Crippen molar-refractivity contribution in [1.82, 2.24) is 29.5 Å². The van der Waals surface area contributed by atoms with Gasteiger partial charge in [-0.25, -0.2) is 15.0 Å². The third-order valence-electron chi connectivity index (χ3n) is 8.09. The number of fused-ring (bicyclic) bond motifs is 2. The molecule has 5 aromatic rings. The summed E-state index contributed by atoms with van der Waals surface area (Å²) in [6, 6.07) is 13.3. The Hall–Kier alpha value is -4.82. The number of hydrogen-bond donors (Lipinski definition) is 3. The van der Waals surface area contributed by atoms with Crippen LogP contribution in [0.4, 0.5) is 10.9 Å². The fourth-order valence-corrected chi connectivity index (χ4v) is 7.14. The van der Waals surface area contributed by atoms with Crippen LogP contribution >= 0.6 is 23.3 Å². The molecule has 14 heteroatoms. The second-order valence-corrected chi connectivity index (χ2v) is 13.9. The highest BCUT2D eigenvalue weighted by atomic mass is 32.2. The number of anilines is 2. The lowest BCUT2D eigenvalue weighted by Crippen LogP contribution is -2.33. The molecule has 0 spiro atoms. The van der Waals surface area contributed by atoms with Crippen molar-refractivity contribution < 1.29 is 14.4 Å². The first-order valence-corrected chi connectivity index (χ1v) is 19.6. The number of thiazole rings is 1. The lowest BCUT2D eigenvalue weighted by molar-refractivity contribution is -0.118. The number of carbonyl (C=O) groups is 3. The monoisotopic (exact) mass is 743 g/mol. The van der Waals surface area contributed by atoms with Crippen molar-refractivity contribution in [2.24, 2.45) is 11.7 Å². The largest absolute Gasteiger partial charge is 0.370 e. The molecule has 5 heterocycles. The highest BCUT2D eigenvalue weighted by molar-refractivity contribution is 7.97. The van der Waals surface area contributed by atoms with Crippen molar-refractivity contribution in [3.8, 4) is 11.1 Å². The molecule has 0 fully saturated rings. The number of hydrogen-bond acceptors (Lipinski definition) is 10. The topological polar surface area (TPSA) is 161 Å². The first-order valence-electron chi connectivity index (χ1n) is 17.8. The lowest BCUT2D eigenvalue weighted by Gasteiger charge is -2.31. The van der Waals surface area contributed by atoms with Crippen molar-refractivity contribution >= 4 is 62.3 Å². The van der Waals surface area contributed by atoms with Gasteiger partial charge in [-0.3, -0.25) is 29.1 Å². The summed E-state index contributed by atoms with van der Waals surface area (Å²) in [6.45, 7) is 16.1. The molecule has 4 aromatic heterocycles. The molecule has 12 nitrogen and oxygen atoms in total. The van der Waals surface area contributed by atoms with Crippen LogP contribution in [0.2, 0.25) is 0 Å². The maximum atomic E-state index is 13.7. The fourth-order valence-electron chi connectivity index (χ4n) is 5.72. The molecular weight excluding hydrogens is 695 g/mol. The van der Waals surface area contributed by atoms with Gasteiger partial charge in [0.25, 0.3) is 11.8 Å². The Labute approximate surface area is 314 Å². The normalized spacial score (nSPS) is 12.0. The molecule has 0 saturated heterocycles. The summed E-state index contributed by atoms with van der Waals surface area (Å²) in [7, 11) is 0. The number of amides is 3. The summed E-state index contributed by atoms with van der Waals surface area (Å²) >= 11 is 2.56. The molecule has 0 atom stereocenters. The molecule has 3 amide bonds. The smallest absolute Gasteiger partial charge is 0.280 e. The van der Waals surface area contributed by atoms with Crippen LogP contribution in [-0.2, 0) is 24.3 Å². The zero-order chi connectivity index (χ0) is 37.8. The second-order valence-electron chi connectivity index (χ2n) is 12.1. The molecule has 1 aromatic carbocycles. The number of pyridine rings is 2. The lowest BCUT2D eigenvalue weighted by atomic mass is 9.94. The number of aromatic nitrogens is 5. The highest BCUT2D eigenvalue weighted by Crippen LogP contribution is 2.32. The predicted molar refractivity (Wildman–Crippen MR) is 213 cm³/mol. The van der Waals surface area contributed by atoms with Gasteiger partial charge in [-0.15, -0.1) is 0 Å². The Morgan fingerprint density at radius 1 is 1.00 bits per heavy atom. The average Bonchev–Trinajstić information content (AvgIpc) is 3.73. The number of rotatable bonds is 12. The van der Waals surface area contributed by atoms with Crippen LogP contribution in [0, 0.1) is 12.8 Å². The van der Waals surface area contributed by atoms with E-state index in [0.29, 0.717) is 59.7 Å². The van der Waals surface area contributed by atoms with Gasteiger partial charge in [-0.1, -0.05) is 77.0 Å². The van der Waals surface area contributed by atoms with Crippen molar-refractivity contribution in [2.45, 2.75) is 80.8 Å². The van der Waals surface area contributed by atoms with Gasteiger partial charge in [0, 0.05) is 60.4 Å². The van der Waals surface area contributed by atoms with Gasteiger partial charge in [0.2, 0.25) is 5.91 Å². The van der Waals surface area contributed by atoms with Gasteiger partial charge in [0.05, 0.1) is 6.20 Å². The fraction of sp³-hybridized carbons (Fsp3) is 0.395. The zero-order valence-corrected chi connectivity index (χ0v) is 32.7. The molecule has 1 aliphatic heterocycles. The second kappa shape index (κ2) is 19.1. The Bertz CT molecular complexity index is 1960. The molecule has 6 rings (SSSR count). The van der Waals surface area contributed by atoms with Gasteiger partial charge in [-0.2, -0.15) is 5.10 Å². The standard InChI is InChI=1S/C34H37N9O3S2.2C2H6/c1-20(2)18-43-21(3)25(17-37-43)23-11-12-29(39-30(23)32(46)41-47-16-6-10-28(35)44)42-15-13-22-7-4-8-24(26(22)19-42)31(45)40-34-38-27-9-5-14-36-33(27)48-34;2*1-2/h4-5,7-9,11-12,14,17,20H,6,10,13,15-16,18-19H2,1-3H3,(H2,35,44)(H,41,46)(H,38,40,45);2*1-2H3. The minimum absolute atomic E-state index is 0.238. The first kappa shape index (κ1) is 40.0. The Balaban J connectivity index is 0.00000146. The molecule has 1 aliphatic rings. The van der Waals surface area contributed by atoms with Crippen LogP contribution < -0.4 is 20.7 Å². The minimum atomic E-state index is -0.370. The van der Waals surface area contributed by atoms with E-state index < -0.39 is 0 Å². The molecule has 0 unspecified atom stereocenters. The van der Waals surface area contributed by atoms with E-state index in [-0.39, 0.29) is 29.8 Å². The van der Waals surface area contributed by atoms with Crippen molar-refractivity contribution in [3.05, 3.63) is 82.9 Å². The summed E-state index contributed by atoms with van der Waals surface area (Å²) in [5.74, 6) is 0.631. The van der Waals surface area contributed by atoms with Crippen LogP contribution in [0.3, 0.4) is 0 Å². The van der Waals surface area contributed by atoms with Crippen molar-refractivity contribution in [3.63, 3.8) is 0 Å². The zero-order valence-electron chi connectivity index (χ0n) is 31.0. The maximum Gasteiger partial charge on any atom is 0.280 e. The minimum Gasteiger partial charge on any atom is -0.370 e. The molecule has 0 saturated carbocycles. The van der Waals surface area contributed by atoms with Gasteiger partial charge in [0.15, 0.2) is 5.13 Å². The molecule has 0 aliphatic carbocycles. The maximum absolute atomic E-state index is 13.7. The number of nitrogens with two attached hydrogens (primary N) is 1. The van der Waals surface area contributed by atoms with E-state index in [9.17, 15) is 14.4 Å². The van der Waals surface area contributed by atoms with Gasteiger partial charge >= 0.3 is 0 Å². The molecule has 52 heavy (non-hydrogen) atoms. The summed E-state index contributed by atoms with van der Waals surface area (Å²) in [4.78, 5) is 55.0. The van der Waals surface area contributed by atoms with Gasteiger partial charge < -0.3 is 10.6 Å². The van der Waals surface area contributed by atoms with Crippen molar-refractivity contribution in [2.75, 3.05) is 22.5 Å². The van der Waals surface area contributed by atoms with E-state index in [0.717, 1.165) is 39.3 Å². The van der Waals surface area contributed by atoms with Crippen LogP contribution in [0.1, 0.15) is 92.1 Å². The molecular formula is C38H49N9O3S2. The molecule has 0 radical (unpaired) electrons. The number of benzene rings is 1. The van der Waals surface area contributed by atoms with E-state index >= 15 is 0 Å². The van der Waals surface area contributed by atoms with Crippen LogP contribution in [0.25, 0.3) is 21.5 Å². The molecule has 276 valence electrons. The third-order valence-corrected chi connectivity index (χ3v) is 9.81. The van der Waals surface area contributed by atoms with Crippen LogP contribution in [0.15, 0.2) is 54.9 Å². The summed E-state index contributed by atoms with van der Waals surface area (Å²) in [5.41, 5.74) is 11.3.